The molecular formula is C12H20N2O3. The normalized spacial score (nSPS) is 10.4. The predicted molar refractivity (Wildman–Crippen MR) is 63.3 cm³/mol. The fourth-order valence-corrected chi connectivity index (χ4v) is 1.47. The van der Waals surface area contributed by atoms with Gasteiger partial charge in [0, 0.05) is 12.5 Å². The molecule has 0 unspecified atom stereocenters. The van der Waals surface area contributed by atoms with E-state index in [-0.39, 0.29) is 5.97 Å². The zero-order valence-corrected chi connectivity index (χ0v) is 10.3. The zero-order valence-electron chi connectivity index (χ0n) is 10.3. The van der Waals surface area contributed by atoms with Crippen molar-refractivity contribution in [3.63, 3.8) is 0 Å². The number of ether oxygens (including phenoxy) is 1. The second-order valence-electron chi connectivity index (χ2n) is 3.77. The van der Waals surface area contributed by atoms with E-state index in [1.165, 1.54) is 0 Å². The quantitative estimate of drug-likeness (QED) is 0.527. The van der Waals surface area contributed by atoms with Crippen molar-refractivity contribution in [3.8, 4) is 0 Å². The molecule has 0 aliphatic rings. The number of carbonyl (C=O) groups is 1. The predicted octanol–water partition coefficient (Wildman–Crippen LogP) is 1.89. The van der Waals surface area contributed by atoms with Gasteiger partial charge in [-0.2, -0.15) is 0 Å². The van der Waals surface area contributed by atoms with Gasteiger partial charge in [-0.05, 0) is 26.3 Å². The number of unbranched alkanes of at least 4 members (excludes halogenated alkanes) is 2. The maximum Gasteiger partial charge on any atom is 0.305 e. The number of nitrogens with zero attached hydrogens (tertiary/aromatic N) is 1. The molecule has 0 aliphatic heterocycles. The van der Waals surface area contributed by atoms with Gasteiger partial charge in [-0.15, -0.1) is 0 Å². The van der Waals surface area contributed by atoms with Gasteiger partial charge in [0.1, 0.15) is 5.76 Å². The van der Waals surface area contributed by atoms with Gasteiger partial charge < -0.3 is 14.6 Å². The van der Waals surface area contributed by atoms with Gasteiger partial charge in [-0.1, -0.05) is 11.6 Å². The van der Waals surface area contributed by atoms with Crippen LogP contribution in [0.5, 0.6) is 0 Å². The summed E-state index contributed by atoms with van der Waals surface area (Å²) in [5.74, 6) is 0.749. The van der Waals surface area contributed by atoms with E-state index in [9.17, 15) is 4.79 Å². The molecule has 1 rings (SSSR count). The molecule has 1 N–H and O–H groups in total. The van der Waals surface area contributed by atoms with Gasteiger partial charge in [-0.3, -0.25) is 4.79 Å². The average Bonchev–Trinajstić information content (AvgIpc) is 2.81. The second kappa shape index (κ2) is 8.75. The molecule has 96 valence electrons. The Kier molecular flexibility index (Phi) is 7.06. The summed E-state index contributed by atoms with van der Waals surface area (Å²) < 4.78 is 9.79. The Balaban J connectivity index is 1.86. The Morgan fingerprint density at radius 1 is 1.47 bits per heavy atom. The van der Waals surface area contributed by atoms with Crippen molar-refractivity contribution in [2.24, 2.45) is 0 Å². The molecular weight excluding hydrogens is 220 g/mol. The van der Waals surface area contributed by atoms with Gasteiger partial charge in [0.05, 0.1) is 19.3 Å². The molecule has 0 saturated heterocycles. The Morgan fingerprint density at radius 3 is 3.06 bits per heavy atom. The topological polar surface area (TPSA) is 64.4 Å². The summed E-state index contributed by atoms with van der Waals surface area (Å²) in [4.78, 5) is 11.0. The van der Waals surface area contributed by atoms with E-state index < -0.39 is 0 Å². The molecule has 0 aromatic carbocycles. The van der Waals surface area contributed by atoms with E-state index in [2.05, 4.69) is 10.5 Å². The van der Waals surface area contributed by atoms with Crippen LogP contribution in [0.4, 0.5) is 0 Å². The molecule has 1 aromatic heterocycles. The maximum atomic E-state index is 11.0. The molecule has 5 nitrogen and oxygen atoms in total. The highest BCUT2D eigenvalue weighted by molar-refractivity contribution is 5.69. The van der Waals surface area contributed by atoms with Gasteiger partial charge in [0.15, 0.2) is 0 Å². The first kappa shape index (κ1) is 13.7. The minimum atomic E-state index is -0.0953. The lowest BCUT2D eigenvalue weighted by atomic mass is 10.2. The standard InChI is InChI=1S/C12H20N2O3/c1-2-16-12(15)6-4-3-5-8-13-10-11-7-9-14-17-11/h7,9,13H,2-6,8,10H2,1H3. The zero-order chi connectivity index (χ0) is 12.3. The van der Waals surface area contributed by atoms with Crippen LogP contribution < -0.4 is 5.32 Å². The van der Waals surface area contributed by atoms with Crippen LogP contribution in [0.15, 0.2) is 16.8 Å². The molecule has 0 saturated carbocycles. The first-order valence-electron chi connectivity index (χ1n) is 6.09. The third-order valence-corrected chi connectivity index (χ3v) is 2.33. The second-order valence-corrected chi connectivity index (χ2v) is 3.77. The molecule has 1 heterocycles. The smallest absolute Gasteiger partial charge is 0.305 e. The molecule has 0 bridgehead atoms. The number of hydrogen-bond acceptors (Lipinski definition) is 5. The Bertz CT molecular complexity index is 299. The van der Waals surface area contributed by atoms with Crippen molar-refractivity contribution in [3.05, 3.63) is 18.0 Å². The third-order valence-electron chi connectivity index (χ3n) is 2.33. The van der Waals surface area contributed by atoms with Gasteiger partial charge in [-0.25, -0.2) is 0 Å². The highest BCUT2D eigenvalue weighted by atomic mass is 16.5. The van der Waals surface area contributed by atoms with Crippen LogP contribution in [0.3, 0.4) is 0 Å². The van der Waals surface area contributed by atoms with Gasteiger partial charge in [0.25, 0.3) is 0 Å². The summed E-state index contributed by atoms with van der Waals surface area (Å²) >= 11 is 0. The van der Waals surface area contributed by atoms with E-state index in [0.717, 1.165) is 31.6 Å². The van der Waals surface area contributed by atoms with Crippen LogP contribution in [0, 0.1) is 0 Å². The third kappa shape index (κ3) is 6.73. The highest BCUT2D eigenvalue weighted by Crippen LogP contribution is 2.01. The minimum Gasteiger partial charge on any atom is -0.466 e. The summed E-state index contributed by atoms with van der Waals surface area (Å²) in [6.45, 7) is 3.92. The Labute approximate surface area is 102 Å². The molecule has 1 aromatic rings. The number of aromatic nitrogens is 1. The highest BCUT2D eigenvalue weighted by Gasteiger charge is 2.00. The molecule has 0 fully saturated rings. The van der Waals surface area contributed by atoms with E-state index in [0.29, 0.717) is 19.6 Å². The van der Waals surface area contributed by atoms with Crippen molar-refractivity contribution in [2.75, 3.05) is 13.2 Å². The van der Waals surface area contributed by atoms with Crippen LogP contribution in [-0.2, 0) is 16.1 Å². The fraction of sp³-hybridized carbons (Fsp3) is 0.667. The number of hydrogen-bond donors (Lipinski definition) is 1. The van der Waals surface area contributed by atoms with Crippen molar-refractivity contribution in [1.82, 2.24) is 10.5 Å². The minimum absolute atomic E-state index is 0.0953. The van der Waals surface area contributed by atoms with E-state index >= 15 is 0 Å². The van der Waals surface area contributed by atoms with E-state index in [1.54, 1.807) is 6.20 Å². The molecule has 0 aliphatic carbocycles. The molecule has 0 spiro atoms. The Hall–Kier alpha value is -1.36. The average molecular weight is 240 g/mol. The van der Waals surface area contributed by atoms with Crippen LogP contribution >= 0.6 is 0 Å². The number of esters is 1. The first-order chi connectivity index (χ1) is 8.33. The molecule has 17 heavy (non-hydrogen) atoms. The summed E-state index contributed by atoms with van der Waals surface area (Å²) in [6.07, 6.45) is 5.13. The Morgan fingerprint density at radius 2 is 2.35 bits per heavy atom. The molecule has 0 amide bonds. The van der Waals surface area contributed by atoms with Gasteiger partial charge in [0.2, 0.25) is 0 Å². The SMILES string of the molecule is CCOC(=O)CCCCCNCc1ccno1. The molecule has 0 atom stereocenters. The van der Waals surface area contributed by atoms with E-state index in [4.69, 9.17) is 9.26 Å². The lowest BCUT2D eigenvalue weighted by Crippen LogP contribution is -2.14. The summed E-state index contributed by atoms with van der Waals surface area (Å²) in [5, 5.41) is 6.87. The van der Waals surface area contributed by atoms with Crippen LogP contribution in [-0.4, -0.2) is 24.3 Å². The maximum absolute atomic E-state index is 11.0. The van der Waals surface area contributed by atoms with E-state index in [1.807, 2.05) is 13.0 Å². The summed E-state index contributed by atoms with van der Waals surface area (Å²) in [5.41, 5.74) is 0. The molecule has 0 radical (unpaired) electrons. The van der Waals surface area contributed by atoms with Crippen LogP contribution in [0.25, 0.3) is 0 Å². The summed E-state index contributed by atoms with van der Waals surface area (Å²) in [6, 6.07) is 1.84. The lowest BCUT2D eigenvalue weighted by Gasteiger charge is -2.03. The first-order valence-corrected chi connectivity index (χ1v) is 6.09. The van der Waals surface area contributed by atoms with Crippen molar-refractivity contribution in [2.45, 2.75) is 39.2 Å². The lowest BCUT2D eigenvalue weighted by molar-refractivity contribution is -0.143. The van der Waals surface area contributed by atoms with Crippen LogP contribution in [0.1, 0.15) is 38.4 Å². The fourth-order valence-electron chi connectivity index (χ4n) is 1.47. The number of nitrogens with one attached hydrogen (secondary N) is 1. The largest absolute Gasteiger partial charge is 0.466 e. The molecule has 5 heteroatoms. The van der Waals surface area contributed by atoms with Crippen molar-refractivity contribution < 1.29 is 14.1 Å². The summed E-state index contributed by atoms with van der Waals surface area (Å²) in [7, 11) is 0. The number of carbonyl (C=O) groups excluding carboxylic acids is 1. The van der Waals surface area contributed by atoms with Crippen molar-refractivity contribution >= 4 is 5.97 Å². The van der Waals surface area contributed by atoms with Crippen LogP contribution in [0.2, 0.25) is 0 Å². The van der Waals surface area contributed by atoms with Gasteiger partial charge >= 0.3 is 5.97 Å². The number of rotatable bonds is 9. The van der Waals surface area contributed by atoms with Crippen molar-refractivity contribution in [1.29, 1.82) is 0 Å². The monoisotopic (exact) mass is 240 g/mol.